The molecule has 0 fully saturated rings. The highest BCUT2D eigenvalue weighted by Gasteiger charge is 2.04. The number of aromatic amines is 2. The molecule has 0 spiro atoms. The highest BCUT2D eigenvalue weighted by atomic mass is 16.3. The predicted molar refractivity (Wildman–Crippen MR) is 91.3 cm³/mol. The van der Waals surface area contributed by atoms with Gasteiger partial charge in [-0.2, -0.15) is 5.10 Å². The molecule has 0 unspecified atom stereocenters. The lowest BCUT2D eigenvalue weighted by atomic mass is 10.2. The van der Waals surface area contributed by atoms with Crippen LogP contribution in [0.1, 0.15) is 11.3 Å². The van der Waals surface area contributed by atoms with Crippen molar-refractivity contribution >= 4 is 17.4 Å². The normalized spacial score (nSPS) is 13.0. The molecule has 3 N–H and O–H groups in total. The predicted octanol–water partition coefficient (Wildman–Crippen LogP) is 0.540. The molecular weight excluding hydrogens is 320 g/mol. The van der Waals surface area contributed by atoms with Crippen LogP contribution in [0, 0.1) is 6.92 Å². The number of fused-ring (bicyclic) bond motifs is 1. The molecule has 0 aliphatic rings. The second-order valence-corrected chi connectivity index (χ2v) is 5.59. The zero-order chi connectivity index (χ0) is 17.4. The summed E-state index contributed by atoms with van der Waals surface area (Å²) < 4.78 is 1.60. The van der Waals surface area contributed by atoms with Crippen molar-refractivity contribution in [3.05, 3.63) is 75.2 Å². The monoisotopic (exact) mass is 334 g/mol. The van der Waals surface area contributed by atoms with Crippen LogP contribution in [-0.2, 0) is 0 Å². The number of aromatic hydroxyl groups is 1. The maximum absolute atomic E-state index is 11.2. The quantitative estimate of drug-likeness (QED) is 0.497. The van der Waals surface area contributed by atoms with E-state index in [1.165, 1.54) is 0 Å². The molecule has 4 rings (SSSR count). The third kappa shape index (κ3) is 2.92. The number of hydrogen-bond acceptors (Lipinski definition) is 5. The van der Waals surface area contributed by atoms with E-state index in [0.29, 0.717) is 16.4 Å². The number of aryl methyl sites for hydroxylation is 1. The van der Waals surface area contributed by atoms with E-state index >= 15 is 0 Å². The van der Waals surface area contributed by atoms with Gasteiger partial charge in [0.1, 0.15) is 5.69 Å². The van der Waals surface area contributed by atoms with Crippen LogP contribution in [0.4, 0.5) is 5.69 Å². The summed E-state index contributed by atoms with van der Waals surface area (Å²) in [7, 11) is 0. The minimum atomic E-state index is -0.483. The minimum Gasteiger partial charge on any atom is -0.493 e. The summed E-state index contributed by atoms with van der Waals surface area (Å²) >= 11 is 0. The first-order valence-corrected chi connectivity index (χ1v) is 7.57. The van der Waals surface area contributed by atoms with Crippen LogP contribution in [-0.4, -0.2) is 29.7 Å². The van der Waals surface area contributed by atoms with Crippen molar-refractivity contribution in [2.24, 2.45) is 4.99 Å². The molecule has 0 saturated carbocycles. The molecule has 25 heavy (non-hydrogen) atoms. The van der Waals surface area contributed by atoms with Crippen molar-refractivity contribution in [2.75, 3.05) is 0 Å². The van der Waals surface area contributed by atoms with Crippen LogP contribution in [0.2, 0.25) is 0 Å². The summed E-state index contributed by atoms with van der Waals surface area (Å²) in [4.78, 5) is 25.0. The molecular formula is C17H14N6O2. The molecule has 0 amide bonds. The summed E-state index contributed by atoms with van der Waals surface area (Å²) in [5, 5.41) is 14.5. The van der Waals surface area contributed by atoms with Crippen LogP contribution in [0.5, 0.6) is 5.88 Å². The fourth-order valence-corrected chi connectivity index (χ4v) is 2.52. The first-order chi connectivity index (χ1) is 12.1. The van der Waals surface area contributed by atoms with Gasteiger partial charge in [-0.1, -0.05) is 12.1 Å². The fraction of sp³-hybridized carbons (Fsp3) is 0.0588. The molecule has 1 aromatic carbocycles. The summed E-state index contributed by atoms with van der Waals surface area (Å²) in [6.07, 6.45) is 4.95. The Kier molecular flexibility index (Phi) is 3.42. The summed E-state index contributed by atoms with van der Waals surface area (Å²) in [5.74, 6) is -0.232. The van der Waals surface area contributed by atoms with Gasteiger partial charge < -0.3 is 10.1 Å². The minimum absolute atomic E-state index is 0.232. The second kappa shape index (κ2) is 5.75. The van der Waals surface area contributed by atoms with Gasteiger partial charge in [0.05, 0.1) is 11.9 Å². The lowest BCUT2D eigenvalue weighted by Gasteiger charge is -1.96. The number of nitrogens with zero attached hydrogens (tertiary/aromatic N) is 4. The molecule has 3 aromatic heterocycles. The number of rotatable bonds is 2. The van der Waals surface area contributed by atoms with E-state index in [1.54, 1.807) is 29.1 Å². The first-order valence-electron chi connectivity index (χ1n) is 7.57. The van der Waals surface area contributed by atoms with E-state index in [2.05, 4.69) is 25.0 Å². The Hall–Kier alpha value is -3.68. The highest BCUT2D eigenvalue weighted by Crippen LogP contribution is 2.12. The third-order valence-electron chi connectivity index (χ3n) is 3.66. The first kappa shape index (κ1) is 14.9. The molecule has 0 bridgehead atoms. The summed E-state index contributed by atoms with van der Waals surface area (Å²) in [5.41, 5.74) is 2.82. The van der Waals surface area contributed by atoms with Gasteiger partial charge in [0, 0.05) is 17.5 Å². The Labute approximate surface area is 140 Å². The third-order valence-corrected chi connectivity index (χ3v) is 3.66. The number of benzene rings is 1. The van der Waals surface area contributed by atoms with Gasteiger partial charge in [0.25, 0.3) is 0 Å². The molecule has 124 valence electrons. The molecule has 0 radical (unpaired) electrons. The van der Waals surface area contributed by atoms with E-state index < -0.39 is 5.69 Å². The molecule has 4 aromatic rings. The number of imidazole rings is 1. The maximum Gasteiger partial charge on any atom is 0.326 e. The van der Waals surface area contributed by atoms with Gasteiger partial charge in [0.2, 0.25) is 5.88 Å². The van der Waals surface area contributed by atoms with Crippen LogP contribution < -0.4 is 16.4 Å². The Morgan fingerprint density at radius 1 is 1.28 bits per heavy atom. The molecule has 0 aliphatic heterocycles. The zero-order valence-electron chi connectivity index (χ0n) is 13.3. The van der Waals surface area contributed by atoms with Crippen molar-refractivity contribution < 1.29 is 5.11 Å². The summed E-state index contributed by atoms with van der Waals surface area (Å²) in [6.45, 7) is 2.00. The van der Waals surface area contributed by atoms with Crippen molar-refractivity contribution in [1.82, 2.24) is 24.6 Å². The Morgan fingerprint density at radius 2 is 2.16 bits per heavy atom. The lowest BCUT2D eigenvalue weighted by molar-refractivity contribution is 0.454. The van der Waals surface area contributed by atoms with E-state index in [-0.39, 0.29) is 11.6 Å². The smallest absolute Gasteiger partial charge is 0.326 e. The molecule has 0 aliphatic carbocycles. The topological polar surface area (TPSA) is 111 Å². The summed E-state index contributed by atoms with van der Waals surface area (Å²) in [6, 6.07) is 9.59. The van der Waals surface area contributed by atoms with Crippen LogP contribution >= 0.6 is 0 Å². The Bertz CT molecular complexity index is 1250. The van der Waals surface area contributed by atoms with Gasteiger partial charge in [-0.15, -0.1) is 0 Å². The number of nitrogens with one attached hydrogen (secondary N) is 2. The fourth-order valence-electron chi connectivity index (χ4n) is 2.52. The maximum atomic E-state index is 11.2. The van der Waals surface area contributed by atoms with E-state index in [4.69, 9.17) is 0 Å². The van der Waals surface area contributed by atoms with Gasteiger partial charge in [0.15, 0.2) is 11.1 Å². The largest absolute Gasteiger partial charge is 0.493 e. The number of H-pyrrole nitrogens is 2. The Balaban J connectivity index is 1.88. The van der Waals surface area contributed by atoms with Gasteiger partial charge in [-0.25, -0.2) is 19.3 Å². The highest BCUT2D eigenvalue weighted by molar-refractivity contribution is 5.56. The lowest BCUT2D eigenvalue weighted by Crippen LogP contribution is -2.12. The van der Waals surface area contributed by atoms with E-state index in [0.717, 1.165) is 11.3 Å². The zero-order valence-corrected chi connectivity index (χ0v) is 13.3. The van der Waals surface area contributed by atoms with Crippen molar-refractivity contribution in [3.63, 3.8) is 0 Å². The van der Waals surface area contributed by atoms with Crippen LogP contribution in [0.25, 0.3) is 11.7 Å². The molecule has 3 heterocycles. The van der Waals surface area contributed by atoms with Gasteiger partial charge in [-0.3, -0.25) is 4.98 Å². The average molecular weight is 334 g/mol. The van der Waals surface area contributed by atoms with Gasteiger partial charge in [-0.05, 0) is 30.7 Å². The average Bonchev–Trinajstić information content (AvgIpc) is 3.11. The molecule has 0 atom stereocenters. The second-order valence-electron chi connectivity index (χ2n) is 5.59. The van der Waals surface area contributed by atoms with Crippen LogP contribution in [0.15, 0.2) is 52.5 Å². The van der Waals surface area contributed by atoms with E-state index in [1.807, 2.05) is 31.2 Å². The van der Waals surface area contributed by atoms with Gasteiger partial charge >= 0.3 is 5.69 Å². The number of aromatic nitrogens is 5. The SMILES string of the molecule is Cc1cccc(N=c2ccn3ncc(=Cc4[nH]c(=O)[nH]c4O)c3n2)c1. The van der Waals surface area contributed by atoms with E-state index in [9.17, 15) is 9.90 Å². The van der Waals surface area contributed by atoms with Crippen molar-refractivity contribution in [3.8, 4) is 5.88 Å². The van der Waals surface area contributed by atoms with Crippen LogP contribution in [0.3, 0.4) is 0 Å². The number of hydrogen-bond donors (Lipinski definition) is 3. The molecule has 8 nitrogen and oxygen atoms in total. The molecule has 8 heteroatoms. The molecule has 0 saturated heterocycles. The standard InChI is InChI=1S/C17H14N6O2/c1-10-3-2-4-12(7-10)19-14-5-6-23-15(21-14)11(9-18-23)8-13-16(24)22-17(25)20-13/h2-9,24H,1H3,(H2,20,22,25). The Morgan fingerprint density at radius 3 is 2.92 bits per heavy atom. The van der Waals surface area contributed by atoms with Crippen molar-refractivity contribution in [1.29, 1.82) is 0 Å². The van der Waals surface area contributed by atoms with Crippen molar-refractivity contribution in [2.45, 2.75) is 6.92 Å².